The summed E-state index contributed by atoms with van der Waals surface area (Å²) < 4.78 is 34.0. The number of carbonyl (C=O) groups is 2. The standard InChI is InChI=1S/C30H36ClN3O5S/c1-6-27(30(36)32-21(2)3)33(19-23-13-11-10-12-22(23)4)29(35)20-34(24-16-17-28(39-5)26(31)18-24)40(37,38)25-14-8-7-9-15-25/h7-18,21,27H,6,19-20H2,1-5H3,(H,32,36). The summed E-state index contributed by atoms with van der Waals surface area (Å²) in [5.41, 5.74) is 2.00. The van der Waals surface area contributed by atoms with Crippen LogP contribution in [0.3, 0.4) is 0 Å². The van der Waals surface area contributed by atoms with Crippen LogP contribution >= 0.6 is 11.6 Å². The number of methoxy groups -OCH3 is 1. The molecule has 3 rings (SSSR count). The average molecular weight is 586 g/mol. The molecule has 0 aliphatic carbocycles. The highest BCUT2D eigenvalue weighted by Crippen LogP contribution is 2.32. The van der Waals surface area contributed by atoms with E-state index < -0.39 is 28.5 Å². The number of ether oxygens (including phenoxy) is 1. The van der Waals surface area contributed by atoms with Crippen LogP contribution in [0.5, 0.6) is 5.75 Å². The van der Waals surface area contributed by atoms with Gasteiger partial charge in [0.05, 0.1) is 22.7 Å². The van der Waals surface area contributed by atoms with Crippen molar-refractivity contribution in [3.63, 3.8) is 0 Å². The zero-order valence-electron chi connectivity index (χ0n) is 23.4. The van der Waals surface area contributed by atoms with Crippen LogP contribution in [0, 0.1) is 6.92 Å². The molecule has 0 saturated carbocycles. The summed E-state index contributed by atoms with van der Waals surface area (Å²) in [6, 6.07) is 19.0. The van der Waals surface area contributed by atoms with Gasteiger partial charge in [0.15, 0.2) is 0 Å². The van der Waals surface area contributed by atoms with Gasteiger partial charge in [-0.3, -0.25) is 13.9 Å². The highest BCUT2D eigenvalue weighted by molar-refractivity contribution is 7.92. The SMILES string of the molecule is CCC(C(=O)NC(C)C)N(Cc1ccccc1C)C(=O)CN(c1ccc(OC)c(Cl)c1)S(=O)(=O)c1ccccc1. The molecule has 10 heteroatoms. The maximum Gasteiger partial charge on any atom is 0.264 e. The van der Waals surface area contributed by atoms with E-state index in [-0.39, 0.29) is 34.1 Å². The number of aryl methyl sites for hydroxylation is 1. The smallest absolute Gasteiger partial charge is 0.264 e. The molecule has 8 nitrogen and oxygen atoms in total. The third kappa shape index (κ3) is 7.34. The molecule has 40 heavy (non-hydrogen) atoms. The molecule has 2 amide bonds. The van der Waals surface area contributed by atoms with Crippen molar-refractivity contribution in [2.24, 2.45) is 0 Å². The van der Waals surface area contributed by atoms with Crippen molar-refractivity contribution in [3.8, 4) is 5.75 Å². The van der Waals surface area contributed by atoms with E-state index in [1.54, 1.807) is 24.3 Å². The summed E-state index contributed by atoms with van der Waals surface area (Å²) in [7, 11) is -2.73. The number of amides is 2. The molecule has 0 fully saturated rings. The van der Waals surface area contributed by atoms with Gasteiger partial charge in [0, 0.05) is 12.6 Å². The lowest BCUT2D eigenvalue weighted by atomic mass is 10.1. The van der Waals surface area contributed by atoms with Crippen molar-refractivity contribution in [2.45, 2.75) is 57.6 Å². The fraction of sp³-hybridized carbons (Fsp3) is 0.333. The minimum Gasteiger partial charge on any atom is -0.495 e. The molecule has 1 unspecified atom stereocenters. The van der Waals surface area contributed by atoms with Crippen molar-refractivity contribution in [1.82, 2.24) is 10.2 Å². The van der Waals surface area contributed by atoms with E-state index in [2.05, 4.69) is 5.32 Å². The van der Waals surface area contributed by atoms with Crippen LogP contribution in [-0.4, -0.2) is 50.9 Å². The number of benzene rings is 3. The molecule has 0 aliphatic rings. The minimum atomic E-state index is -4.19. The molecular formula is C30H36ClN3O5S. The average Bonchev–Trinajstić information content (AvgIpc) is 2.92. The summed E-state index contributed by atoms with van der Waals surface area (Å²) in [4.78, 5) is 28.8. The first kappa shape index (κ1) is 31.0. The summed E-state index contributed by atoms with van der Waals surface area (Å²) in [6.07, 6.45) is 0.343. The normalized spacial score (nSPS) is 12.1. The van der Waals surface area contributed by atoms with Crippen LogP contribution < -0.4 is 14.4 Å². The molecule has 3 aromatic rings. The van der Waals surface area contributed by atoms with E-state index in [9.17, 15) is 18.0 Å². The zero-order valence-corrected chi connectivity index (χ0v) is 25.0. The Kier molecular flexibility index (Phi) is 10.6. The Bertz CT molecular complexity index is 1430. The molecule has 1 N–H and O–H groups in total. The lowest BCUT2D eigenvalue weighted by Gasteiger charge is -2.34. The highest BCUT2D eigenvalue weighted by Gasteiger charge is 2.34. The second-order valence-electron chi connectivity index (χ2n) is 9.68. The van der Waals surface area contributed by atoms with Gasteiger partial charge < -0.3 is 15.0 Å². The van der Waals surface area contributed by atoms with E-state index >= 15 is 0 Å². The molecule has 0 saturated heterocycles. The second-order valence-corrected chi connectivity index (χ2v) is 11.9. The van der Waals surface area contributed by atoms with Gasteiger partial charge in [-0.25, -0.2) is 8.42 Å². The van der Waals surface area contributed by atoms with Gasteiger partial charge in [0.1, 0.15) is 18.3 Å². The molecule has 0 heterocycles. The van der Waals surface area contributed by atoms with Crippen LogP contribution in [0.1, 0.15) is 38.3 Å². The monoisotopic (exact) mass is 585 g/mol. The van der Waals surface area contributed by atoms with E-state index in [4.69, 9.17) is 16.3 Å². The van der Waals surface area contributed by atoms with Crippen molar-refractivity contribution < 1.29 is 22.7 Å². The largest absolute Gasteiger partial charge is 0.495 e. The number of carbonyl (C=O) groups excluding carboxylic acids is 2. The van der Waals surface area contributed by atoms with Gasteiger partial charge in [-0.15, -0.1) is 0 Å². The number of sulfonamides is 1. The van der Waals surface area contributed by atoms with Gasteiger partial charge >= 0.3 is 0 Å². The lowest BCUT2D eigenvalue weighted by Crippen LogP contribution is -2.53. The van der Waals surface area contributed by atoms with Gasteiger partial charge in [0.2, 0.25) is 11.8 Å². The minimum absolute atomic E-state index is 0.0183. The number of anilines is 1. The summed E-state index contributed by atoms with van der Waals surface area (Å²) in [5, 5.41) is 3.09. The molecule has 0 radical (unpaired) electrons. The van der Waals surface area contributed by atoms with E-state index in [0.29, 0.717) is 12.2 Å². The lowest BCUT2D eigenvalue weighted by molar-refractivity contribution is -0.140. The van der Waals surface area contributed by atoms with Gasteiger partial charge in [-0.1, -0.05) is 61.0 Å². The molecule has 214 valence electrons. The fourth-order valence-electron chi connectivity index (χ4n) is 4.33. The third-order valence-electron chi connectivity index (χ3n) is 6.45. The Labute approximate surface area is 241 Å². The van der Waals surface area contributed by atoms with Crippen LogP contribution in [0.15, 0.2) is 77.7 Å². The number of halogens is 1. The molecule has 3 aromatic carbocycles. The van der Waals surface area contributed by atoms with Crippen molar-refractivity contribution in [2.75, 3.05) is 18.0 Å². The number of hydrogen-bond donors (Lipinski definition) is 1. The molecule has 0 bridgehead atoms. The Hall–Kier alpha value is -3.56. The molecule has 0 aromatic heterocycles. The topological polar surface area (TPSA) is 96.0 Å². The molecular weight excluding hydrogens is 550 g/mol. The molecule has 1 atom stereocenters. The Balaban J connectivity index is 2.10. The van der Waals surface area contributed by atoms with Gasteiger partial charge in [-0.2, -0.15) is 0 Å². The summed E-state index contributed by atoms with van der Waals surface area (Å²) in [5.74, 6) is -0.462. The van der Waals surface area contributed by atoms with E-state index in [1.165, 1.54) is 36.3 Å². The van der Waals surface area contributed by atoms with E-state index in [0.717, 1.165) is 15.4 Å². The highest BCUT2D eigenvalue weighted by atomic mass is 35.5. The number of hydrogen-bond acceptors (Lipinski definition) is 5. The van der Waals surface area contributed by atoms with E-state index in [1.807, 2.05) is 52.0 Å². The zero-order chi connectivity index (χ0) is 29.4. The summed E-state index contributed by atoms with van der Waals surface area (Å²) >= 11 is 6.36. The van der Waals surface area contributed by atoms with Gasteiger partial charge in [0.25, 0.3) is 10.0 Å². The van der Waals surface area contributed by atoms with Gasteiger partial charge in [-0.05, 0) is 68.7 Å². The van der Waals surface area contributed by atoms with Crippen molar-refractivity contribution in [1.29, 1.82) is 0 Å². The number of nitrogens with zero attached hydrogens (tertiary/aromatic N) is 2. The van der Waals surface area contributed by atoms with Crippen LogP contribution in [0.4, 0.5) is 5.69 Å². The van der Waals surface area contributed by atoms with Crippen LogP contribution in [-0.2, 0) is 26.2 Å². The number of rotatable bonds is 12. The first-order valence-corrected chi connectivity index (χ1v) is 14.9. The Morgan fingerprint density at radius 1 is 1.00 bits per heavy atom. The predicted molar refractivity (Wildman–Crippen MR) is 158 cm³/mol. The maximum absolute atomic E-state index is 14.1. The first-order valence-electron chi connectivity index (χ1n) is 13.0. The predicted octanol–water partition coefficient (Wildman–Crippen LogP) is 5.18. The van der Waals surface area contributed by atoms with Crippen LogP contribution in [0.2, 0.25) is 5.02 Å². The number of nitrogens with one attached hydrogen (secondary N) is 1. The molecule has 0 spiro atoms. The van der Waals surface area contributed by atoms with Crippen LogP contribution in [0.25, 0.3) is 0 Å². The Morgan fingerprint density at radius 3 is 2.23 bits per heavy atom. The Morgan fingerprint density at radius 2 is 1.65 bits per heavy atom. The third-order valence-corrected chi connectivity index (χ3v) is 8.54. The fourth-order valence-corrected chi connectivity index (χ4v) is 6.01. The second kappa shape index (κ2) is 13.7. The molecule has 0 aliphatic heterocycles. The first-order chi connectivity index (χ1) is 19.0. The quantitative estimate of drug-likeness (QED) is 0.316. The van der Waals surface area contributed by atoms with Crippen molar-refractivity contribution in [3.05, 3.63) is 88.9 Å². The van der Waals surface area contributed by atoms with Crippen molar-refractivity contribution >= 4 is 39.1 Å². The summed E-state index contributed by atoms with van der Waals surface area (Å²) in [6.45, 7) is 7.04. The maximum atomic E-state index is 14.1.